The molecule has 0 saturated carbocycles. The van der Waals surface area contributed by atoms with Gasteiger partial charge in [-0.3, -0.25) is 9.69 Å². The van der Waals surface area contributed by atoms with Crippen LogP contribution in [-0.2, 0) is 11.3 Å². The Morgan fingerprint density at radius 3 is 2.78 bits per heavy atom. The van der Waals surface area contributed by atoms with E-state index in [0.29, 0.717) is 6.54 Å². The molecule has 1 aliphatic heterocycles. The van der Waals surface area contributed by atoms with Gasteiger partial charge in [0.1, 0.15) is 0 Å². The zero-order chi connectivity index (χ0) is 13.1. The molecule has 2 rings (SSSR count). The summed E-state index contributed by atoms with van der Waals surface area (Å²) in [4.78, 5) is 12.9. The number of hydrogen-bond donors (Lipinski definition) is 3. The number of nitrogens with zero attached hydrogens (tertiary/aromatic N) is 1. The molecule has 1 aliphatic rings. The number of phenolic OH excluding ortho intramolecular Hbond substituents is 2. The predicted molar refractivity (Wildman–Crippen MR) is 65.5 cm³/mol. The van der Waals surface area contributed by atoms with Gasteiger partial charge in [-0.05, 0) is 37.1 Å². The van der Waals surface area contributed by atoms with Gasteiger partial charge in [-0.1, -0.05) is 6.07 Å². The van der Waals surface area contributed by atoms with Crippen LogP contribution in [0.2, 0.25) is 0 Å². The molecule has 0 spiro atoms. The molecule has 1 unspecified atom stereocenters. The molecule has 1 atom stereocenters. The van der Waals surface area contributed by atoms with E-state index in [4.69, 9.17) is 5.11 Å². The summed E-state index contributed by atoms with van der Waals surface area (Å²) in [6.45, 7) is 1.48. The minimum atomic E-state index is -0.777. The van der Waals surface area contributed by atoms with Crippen molar-refractivity contribution >= 4 is 5.97 Å². The van der Waals surface area contributed by atoms with E-state index in [-0.39, 0.29) is 24.0 Å². The third-order valence-electron chi connectivity index (χ3n) is 3.33. The number of rotatable bonds is 4. The summed E-state index contributed by atoms with van der Waals surface area (Å²) in [7, 11) is 0. The molecule has 0 aliphatic carbocycles. The quantitative estimate of drug-likeness (QED) is 0.707. The number of carbonyl (C=O) groups is 1. The second kappa shape index (κ2) is 5.27. The smallest absolute Gasteiger partial charge is 0.304 e. The van der Waals surface area contributed by atoms with Gasteiger partial charge >= 0.3 is 5.97 Å². The molecule has 1 fully saturated rings. The van der Waals surface area contributed by atoms with E-state index in [1.165, 1.54) is 12.1 Å². The van der Waals surface area contributed by atoms with Crippen LogP contribution in [0.3, 0.4) is 0 Å². The minimum Gasteiger partial charge on any atom is -0.504 e. The van der Waals surface area contributed by atoms with Crippen LogP contribution in [0.25, 0.3) is 0 Å². The fourth-order valence-electron chi connectivity index (χ4n) is 2.44. The Balaban J connectivity index is 2.03. The second-order valence-electron chi connectivity index (χ2n) is 4.69. The number of benzene rings is 1. The predicted octanol–water partition coefficient (Wildman–Crippen LogP) is 1.54. The number of aliphatic carboxylic acids is 1. The molecule has 0 aromatic heterocycles. The topological polar surface area (TPSA) is 81.0 Å². The van der Waals surface area contributed by atoms with Crippen molar-refractivity contribution in [3.63, 3.8) is 0 Å². The average molecular weight is 251 g/mol. The second-order valence-corrected chi connectivity index (χ2v) is 4.69. The molecule has 1 heterocycles. The Labute approximate surface area is 105 Å². The molecule has 5 heteroatoms. The van der Waals surface area contributed by atoms with Crippen LogP contribution in [0.5, 0.6) is 11.5 Å². The van der Waals surface area contributed by atoms with Gasteiger partial charge in [-0.25, -0.2) is 0 Å². The average Bonchev–Trinajstić information content (AvgIpc) is 2.70. The monoisotopic (exact) mass is 251 g/mol. The first-order valence-corrected chi connectivity index (χ1v) is 6.03. The highest BCUT2D eigenvalue weighted by atomic mass is 16.4. The molecule has 0 amide bonds. The maximum Gasteiger partial charge on any atom is 0.304 e. The molecular weight excluding hydrogens is 234 g/mol. The summed E-state index contributed by atoms with van der Waals surface area (Å²) < 4.78 is 0. The van der Waals surface area contributed by atoms with E-state index in [0.717, 1.165) is 24.9 Å². The molecule has 0 radical (unpaired) electrons. The molecule has 0 bridgehead atoms. The number of hydrogen-bond acceptors (Lipinski definition) is 4. The Kier molecular flexibility index (Phi) is 3.72. The van der Waals surface area contributed by atoms with Crippen molar-refractivity contribution in [2.24, 2.45) is 0 Å². The lowest BCUT2D eigenvalue weighted by atomic mass is 10.1. The third-order valence-corrected chi connectivity index (χ3v) is 3.33. The lowest BCUT2D eigenvalue weighted by Crippen LogP contribution is -2.30. The Hall–Kier alpha value is -1.75. The highest BCUT2D eigenvalue weighted by molar-refractivity contribution is 5.67. The van der Waals surface area contributed by atoms with Gasteiger partial charge in [0.15, 0.2) is 11.5 Å². The van der Waals surface area contributed by atoms with Crippen molar-refractivity contribution in [3.8, 4) is 11.5 Å². The van der Waals surface area contributed by atoms with E-state index in [1.54, 1.807) is 6.07 Å². The Morgan fingerprint density at radius 2 is 2.11 bits per heavy atom. The van der Waals surface area contributed by atoms with Crippen molar-refractivity contribution in [1.82, 2.24) is 4.90 Å². The van der Waals surface area contributed by atoms with Gasteiger partial charge in [0, 0.05) is 12.6 Å². The number of aromatic hydroxyl groups is 2. The standard InChI is InChI=1S/C13H17NO4/c15-11-4-3-9(6-12(11)16)8-14-5-1-2-10(14)7-13(17)18/h3-4,6,10,15-16H,1-2,5,7-8H2,(H,17,18). The number of carboxylic acid groups (broad SMARTS) is 1. The van der Waals surface area contributed by atoms with Gasteiger partial charge in [-0.2, -0.15) is 0 Å². The summed E-state index contributed by atoms with van der Waals surface area (Å²) in [6, 6.07) is 4.78. The van der Waals surface area contributed by atoms with E-state index >= 15 is 0 Å². The van der Waals surface area contributed by atoms with Crippen molar-refractivity contribution in [3.05, 3.63) is 23.8 Å². The van der Waals surface area contributed by atoms with Crippen molar-refractivity contribution in [2.45, 2.75) is 31.8 Å². The summed E-state index contributed by atoms with van der Waals surface area (Å²) in [5.41, 5.74) is 0.877. The Morgan fingerprint density at radius 1 is 1.33 bits per heavy atom. The first-order chi connectivity index (χ1) is 8.56. The third kappa shape index (κ3) is 2.92. The molecule has 1 aromatic rings. The van der Waals surface area contributed by atoms with Crippen LogP contribution in [0.1, 0.15) is 24.8 Å². The Bertz CT molecular complexity index is 447. The van der Waals surface area contributed by atoms with Crippen LogP contribution >= 0.6 is 0 Å². The van der Waals surface area contributed by atoms with Crippen molar-refractivity contribution in [1.29, 1.82) is 0 Å². The lowest BCUT2D eigenvalue weighted by Gasteiger charge is -2.23. The van der Waals surface area contributed by atoms with Gasteiger partial charge in [0.25, 0.3) is 0 Å². The summed E-state index contributed by atoms with van der Waals surface area (Å²) >= 11 is 0. The highest BCUT2D eigenvalue weighted by Gasteiger charge is 2.26. The summed E-state index contributed by atoms with van der Waals surface area (Å²) in [5.74, 6) is -1.05. The van der Waals surface area contributed by atoms with Gasteiger partial charge in [0.05, 0.1) is 6.42 Å². The zero-order valence-corrected chi connectivity index (χ0v) is 10.0. The zero-order valence-electron chi connectivity index (χ0n) is 10.0. The number of likely N-dealkylation sites (tertiary alicyclic amines) is 1. The molecule has 1 aromatic carbocycles. The maximum absolute atomic E-state index is 10.8. The van der Waals surface area contributed by atoms with Gasteiger partial charge in [-0.15, -0.1) is 0 Å². The van der Waals surface area contributed by atoms with Crippen LogP contribution in [0, 0.1) is 0 Å². The summed E-state index contributed by atoms with van der Waals surface area (Å²) in [5, 5.41) is 27.5. The van der Waals surface area contributed by atoms with Gasteiger partial charge in [0.2, 0.25) is 0 Å². The van der Waals surface area contributed by atoms with E-state index < -0.39 is 5.97 Å². The molecular formula is C13H17NO4. The number of phenols is 2. The molecule has 5 nitrogen and oxygen atoms in total. The van der Waals surface area contributed by atoms with Crippen molar-refractivity contribution in [2.75, 3.05) is 6.54 Å². The van der Waals surface area contributed by atoms with Crippen LogP contribution in [-0.4, -0.2) is 38.8 Å². The largest absolute Gasteiger partial charge is 0.504 e. The first kappa shape index (κ1) is 12.7. The van der Waals surface area contributed by atoms with E-state index in [1.807, 2.05) is 0 Å². The normalized spacial score (nSPS) is 20.1. The van der Waals surface area contributed by atoms with Crippen LogP contribution < -0.4 is 0 Å². The highest BCUT2D eigenvalue weighted by Crippen LogP contribution is 2.28. The fourth-order valence-corrected chi connectivity index (χ4v) is 2.44. The molecule has 1 saturated heterocycles. The van der Waals surface area contributed by atoms with E-state index in [2.05, 4.69) is 4.90 Å². The van der Waals surface area contributed by atoms with Crippen LogP contribution in [0.15, 0.2) is 18.2 Å². The molecule has 18 heavy (non-hydrogen) atoms. The van der Waals surface area contributed by atoms with Crippen LogP contribution in [0.4, 0.5) is 0 Å². The first-order valence-electron chi connectivity index (χ1n) is 6.03. The lowest BCUT2D eigenvalue weighted by molar-refractivity contribution is -0.138. The summed E-state index contributed by atoms with van der Waals surface area (Å²) in [6.07, 6.45) is 2.06. The molecule has 3 N–H and O–H groups in total. The SMILES string of the molecule is O=C(O)CC1CCCN1Cc1ccc(O)c(O)c1. The van der Waals surface area contributed by atoms with Gasteiger partial charge < -0.3 is 15.3 Å². The van der Waals surface area contributed by atoms with Crippen molar-refractivity contribution < 1.29 is 20.1 Å². The van der Waals surface area contributed by atoms with E-state index in [9.17, 15) is 15.0 Å². The maximum atomic E-state index is 10.8. The number of carboxylic acids is 1. The fraction of sp³-hybridized carbons (Fsp3) is 0.462. The molecule has 98 valence electrons. The minimum absolute atomic E-state index is 0.0680.